The molecule has 3 rings (SSSR count). The van der Waals surface area contributed by atoms with Crippen molar-refractivity contribution in [3.8, 4) is 10.4 Å². The highest BCUT2D eigenvalue weighted by molar-refractivity contribution is 7.38. The lowest BCUT2D eigenvalue weighted by atomic mass is 10.1. The summed E-state index contributed by atoms with van der Waals surface area (Å²) in [7, 11) is -2.65. The summed E-state index contributed by atoms with van der Waals surface area (Å²) in [5, 5.41) is 7.36. The second kappa shape index (κ2) is 10.8. The molecule has 0 saturated carbocycles. The number of thiophene rings is 1. The zero-order chi connectivity index (χ0) is 22.2. The topological polar surface area (TPSA) is 131 Å². The van der Waals surface area contributed by atoms with Gasteiger partial charge in [-0.15, -0.1) is 11.3 Å². The molecule has 3 aromatic rings. The Hall–Kier alpha value is -3.13. The molecule has 0 aliphatic heterocycles. The molecular formula is C21H22N3O5PS. The summed E-state index contributed by atoms with van der Waals surface area (Å²) < 4.78 is 15.4. The van der Waals surface area contributed by atoms with Gasteiger partial charge in [-0.1, -0.05) is 24.3 Å². The van der Waals surface area contributed by atoms with Gasteiger partial charge in [0.2, 0.25) is 0 Å². The first-order valence-electron chi connectivity index (χ1n) is 9.38. The van der Waals surface area contributed by atoms with Crippen LogP contribution in [-0.2, 0) is 15.8 Å². The van der Waals surface area contributed by atoms with Crippen LogP contribution in [0.2, 0.25) is 0 Å². The van der Waals surface area contributed by atoms with Crippen molar-refractivity contribution in [1.29, 1.82) is 0 Å². The lowest BCUT2D eigenvalue weighted by Crippen LogP contribution is -2.24. The molecule has 2 amide bonds. The minimum Gasteiger partial charge on any atom is -0.449 e. The van der Waals surface area contributed by atoms with Crippen molar-refractivity contribution < 1.29 is 23.8 Å². The standard InChI is InChI=1S/C21H22N3O5PS/c22-17-8-7-16(19-2-1-11-31-19)12-18(17)24-20(25)15-5-3-14(4-6-15)13-23-21(26)29-9-10-30(27)28/h1-8,11-12,30H,9-10,13,22H2,(H,23,26)(H,24,25)(H,27,28). The Morgan fingerprint density at radius 1 is 1.13 bits per heavy atom. The van der Waals surface area contributed by atoms with E-state index < -0.39 is 14.1 Å². The molecule has 0 spiro atoms. The highest BCUT2D eigenvalue weighted by atomic mass is 32.1. The summed E-state index contributed by atoms with van der Waals surface area (Å²) in [5.41, 5.74) is 9.21. The third kappa shape index (κ3) is 6.68. The Labute approximate surface area is 183 Å². The monoisotopic (exact) mass is 459 g/mol. The quantitative estimate of drug-likeness (QED) is 0.298. The number of nitrogen functional groups attached to an aromatic ring is 1. The summed E-state index contributed by atoms with van der Waals surface area (Å²) in [4.78, 5) is 33.9. The van der Waals surface area contributed by atoms with Gasteiger partial charge >= 0.3 is 6.09 Å². The molecule has 0 aliphatic rings. The normalized spacial score (nSPS) is 11.5. The van der Waals surface area contributed by atoms with Crippen molar-refractivity contribution >= 4 is 42.7 Å². The van der Waals surface area contributed by atoms with Crippen LogP contribution in [0.15, 0.2) is 60.0 Å². The van der Waals surface area contributed by atoms with Crippen LogP contribution < -0.4 is 16.4 Å². The van der Waals surface area contributed by atoms with Gasteiger partial charge in [-0.25, -0.2) is 4.79 Å². The number of ether oxygens (including phenoxy) is 1. The highest BCUT2D eigenvalue weighted by Crippen LogP contribution is 2.30. The average molecular weight is 459 g/mol. The summed E-state index contributed by atoms with van der Waals surface area (Å²) in [6, 6.07) is 16.2. The summed E-state index contributed by atoms with van der Waals surface area (Å²) in [6.45, 7) is 0.0842. The Bertz CT molecular complexity index is 1070. The Morgan fingerprint density at radius 3 is 2.58 bits per heavy atom. The molecule has 10 heteroatoms. The lowest BCUT2D eigenvalue weighted by molar-refractivity contribution is 0.102. The first kappa shape index (κ1) is 22.6. The van der Waals surface area contributed by atoms with Gasteiger partial charge in [0.05, 0.1) is 17.5 Å². The number of rotatable bonds is 8. The predicted molar refractivity (Wildman–Crippen MR) is 123 cm³/mol. The number of hydrogen-bond donors (Lipinski definition) is 4. The molecule has 0 bridgehead atoms. The van der Waals surface area contributed by atoms with Gasteiger partial charge in [0.25, 0.3) is 5.91 Å². The maximum absolute atomic E-state index is 12.6. The zero-order valence-corrected chi connectivity index (χ0v) is 18.3. The Morgan fingerprint density at radius 2 is 1.90 bits per heavy atom. The van der Waals surface area contributed by atoms with Crippen LogP contribution in [0.25, 0.3) is 10.4 Å². The number of hydrogen-bond acceptors (Lipinski definition) is 6. The van der Waals surface area contributed by atoms with Gasteiger partial charge in [0.1, 0.15) is 6.61 Å². The van der Waals surface area contributed by atoms with E-state index in [-0.39, 0.29) is 25.2 Å². The van der Waals surface area contributed by atoms with Crippen LogP contribution in [0.5, 0.6) is 0 Å². The number of nitrogens with one attached hydrogen (secondary N) is 2. The fraction of sp³-hybridized carbons (Fsp3) is 0.143. The van der Waals surface area contributed by atoms with E-state index in [4.69, 9.17) is 15.4 Å². The highest BCUT2D eigenvalue weighted by Gasteiger charge is 2.10. The smallest absolute Gasteiger partial charge is 0.407 e. The Balaban J connectivity index is 1.56. The van der Waals surface area contributed by atoms with E-state index in [1.807, 2.05) is 29.6 Å². The number of amides is 2. The second-order valence-corrected chi connectivity index (χ2v) is 8.80. The number of nitrogens with two attached hydrogens (primary N) is 1. The molecule has 1 unspecified atom stereocenters. The van der Waals surface area contributed by atoms with Crippen LogP contribution in [0.4, 0.5) is 16.2 Å². The van der Waals surface area contributed by atoms with Crippen LogP contribution in [0, 0.1) is 0 Å². The van der Waals surface area contributed by atoms with E-state index in [1.165, 1.54) is 0 Å². The van der Waals surface area contributed by atoms with Crippen LogP contribution in [0.3, 0.4) is 0 Å². The molecule has 0 radical (unpaired) electrons. The summed E-state index contributed by atoms with van der Waals surface area (Å²) >= 11 is 1.60. The van der Waals surface area contributed by atoms with Crippen LogP contribution in [-0.4, -0.2) is 29.7 Å². The van der Waals surface area contributed by atoms with Gasteiger partial charge in [-0.2, -0.15) is 0 Å². The number of benzene rings is 2. The number of carbonyl (C=O) groups excluding carboxylic acids is 2. The predicted octanol–water partition coefficient (Wildman–Crippen LogP) is 3.94. The number of alkyl carbamates (subject to hydrolysis) is 1. The van der Waals surface area contributed by atoms with Gasteiger partial charge in [-0.3, -0.25) is 9.36 Å². The molecule has 8 nitrogen and oxygen atoms in total. The maximum atomic E-state index is 12.6. The van der Waals surface area contributed by atoms with E-state index in [0.29, 0.717) is 16.9 Å². The van der Waals surface area contributed by atoms with Crippen molar-refractivity contribution in [2.45, 2.75) is 6.54 Å². The first-order valence-corrected chi connectivity index (χ1v) is 11.8. The number of carbonyl (C=O) groups is 2. The molecule has 1 atom stereocenters. The summed E-state index contributed by atoms with van der Waals surface area (Å²) in [6.07, 6.45) is -0.742. The third-order valence-corrected chi connectivity index (χ3v) is 5.86. The molecule has 0 aliphatic carbocycles. The zero-order valence-electron chi connectivity index (χ0n) is 16.5. The van der Waals surface area contributed by atoms with E-state index in [2.05, 4.69) is 10.6 Å². The molecule has 31 heavy (non-hydrogen) atoms. The fourth-order valence-corrected chi connectivity index (χ4v) is 3.69. The van der Waals surface area contributed by atoms with Crippen molar-refractivity contribution in [2.24, 2.45) is 0 Å². The minimum absolute atomic E-state index is 0.0668. The molecule has 1 aromatic heterocycles. The van der Waals surface area contributed by atoms with Gasteiger partial charge in [0, 0.05) is 17.0 Å². The van der Waals surface area contributed by atoms with E-state index in [1.54, 1.807) is 41.7 Å². The van der Waals surface area contributed by atoms with Gasteiger partial charge in [0.15, 0.2) is 8.03 Å². The third-order valence-electron chi connectivity index (χ3n) is 4.31. The van der Waals surface area contributed by atoms with Crippen molar-refractivity contribution in [3.05, 3.63) is 71.1 Å². The summed E-state index contributed by atoms with van der Waals surface area (Å²) in [5.74, 6) is -0.298. The minimum atomic E-state index is -2.65. The van der Waals surface area contributed by atoms with Crippen molar-refractivity contribution in [1.82, 2.24) is 5.32 Å². The van der Waals surface area contributed by atoms with Crippen LogP contribution >= 0.6 is 19.4 Å². The van der Waals surface area contributed by atoms with E-state index >= 15 is 0 Å². The second-order valence-electron chi connectivity index (χ2n) is 6.56. The average Bonchev–Trinajstić information content (AvgIpc) is 3.29. The SMILES string of the molecule is Nc1ccc(-c2cccs2)cc1NC(=O)c1ccc(CNC(=O)OCC[PH](=O)O)cc1. The fourth-order valence-electron chi connectivity index (χ4n) is 2.69. The van der Waals surface area contributed by atoms with E-state index in [0.717, 1.165) is 16.0 Å². The van der Waals surface area contributed by atoms with Crippen molar-refractivity contribution in [2.75, 3.05) is 23.8 Å². The van der Waals surface area contributed by atoms with Crippen LogP contribution in [0.1, 0.15) is 15.9 Å². The molecule has 0 fully saturated rings. The lowest BCUT2D eigenvalue weighted by Gasteiger charge is -2.11. The molecule has 162 valence electrons. The largest absolute Gasteiger partial charge is 0.449 e. The first-order chi connectivity index (χ1) is 14.9. The molecular weight excluding hydrogens is 437 g/mol. The number of anilines is 2. The Kier molecular flexibility index (Phi) is 7.83. The molecule has 5 N–H and O–H groups in total. The molecule has 1 heterocycles. The molecule has 2 aromatic carbocycles. The maximum Gasteiger partial charge on any atom is 0.407 e. The van der Waals surface area contributed by atoms with Gasteiger partial charge in [-0.05, 0) is 46.8 Å². The van der Waals surface area contributed by atoms with Gasteiger partial charge < -0.3 is 26.0 Å². The van der Waals surface area contributed by atoms with Crippen molar-refractivity contribution in [3.63, 3.8) is 0 Å². The van der Waals surface area contributed by atoms with E-state index in [9.17, 15) is 14.2 Å². The molecule has 0 saturated heterocycles.